The second-order valence-electron chi connectivity index (χ2n) is 6.09. The van der Waals surface area contributed by atoms with Crippen LogP contribution in [0.3, 0.4) is 0 Å². The lowest BCUT2D eigenvalue weighted by molar-refractivity contribution is -0.384. The molecule has 144 valence electrons. The minimum Gasteiger partial charge on any atom is -0.320 e. The summed E-state index contributed by atoms with van der Waals surface area (Å²) in [5.41, 5.74) is 6.17. The number of benzene rings is 1. The predicted molar refractivity (Wildman–Crippen MR) is 99.8 cm³/mol. The summed E-state index contributed by atoms with van der Waals surface area (Å²) in [5, 5.41) is 16.1. The molecule has 1 aromatic carbocycles. The first-order chi connectivity index (χ1) is 11.8. The van der Waals surface area contributed by atoms with Crippen LogP contribution < -0.4 is 11.1 Å². The van der Waals surface area contributed by atoms with Crippen LogP contribution in [0.15, 0.2) is 24.3 Å². The number of hydrogen-bond donors (Lipinski definition) is 2. The standard InChI is InChI=1S/C16H23N5O4.ClH/c1-3-11(2)14(17)15(22)19-8-5-9-20(19)16(23)18-12-6-4-7-13(10-12)21(24)25;/h4,6-7,10-11,14H,3,5,8-9,17H2,1-2H3,(H,18,23);1H/t11?,14-;/m0./s1. The van der Waals surface area contributed by atoms with Gasteiger partial charge in [-0.25, -0.2) is 14.8 Å². The van der Waals surface area contributed by atoms with E-state index in [1.807, 2.05) is 13.8 Å². The molecule has 0 aliphatic carbocycles. The number of halogens is 1. The third-order valence-corrected chi connectivity index (χ3v) is 4.37. The lowest BCUT2D eigenvalue weighted by atomic mass is 9.99. The number of rotatable bonds is 5. The molecule has 2 rings (SSSR count). The van der Waals surface area contributed by atoms with E-state index in [4.69, 9.17) is 5.73 Å². The Morgan fingerprint density at radius 1 is 1.35 bits per heavy atom. The van der Waals surface area contributed by atoms with E-state index in [1.165, 1.54) is 28.2 Å². The highest BCUT2D eigenvalue weighted by atomic mass is 35.5. The SMILES string of the molecule is CCC(C)[C@H](N)C(=O)N1CCCN1C(=O)Nc1cccc([N+](=O)[O-])c1.Cl. The first kappa shape index (κ1) is 21.7. The van der Waals surface area contributed by atoms with Crippen molar-refractivity contribution in [2.45, 2.75) is 32.7 Å². The molecule has 0 spiro atoms. The van der Waals surface area contributed by atoms with Gasteiger partial charge < -0.3 is 11.1 Å². The second-order valence-corrected chi connectivity index (χ2v) is 6.09. The molecular formula is C16H24ClN5O4. The Morgan fingerprint density at radius 2 is 2.00 bits per heavy atom. The molecule has 1 aliphatic rings. The lowest BCUT2D eigenvalue weighted by Gasteiger charge is -2.31. The van der Waals surface area contributed by atoms with Gasteiger partial charge in [0, 0.05) is 30.9 Å². The van der Waals surface area contributed by atoms with E-state index in [2.05, 4.69) is 5.32 Å². The van der Waals surface area contributed by atoms with Gasteiger partial charge in [0.1, 0.15) is 0 Å². The van der Waals surface area contributed by atoms with Crippen molar-refractivity contribution in [3.8, 4) is 0 Å². The largest absolute Gasteiger partial charge is 0.340 e. The van der Waals surface area contributed by atoms with E-state index in [0.29, 0.717) is 25.2 Å². The number of hydrogen-bond acceptors (Lipinski definition) is 5. The molecule has 2 atom stereocenters. The Hall–Kier alpha value is -2.39. The molecule has 0 saturated carbocycles. The zero-order chi connectivity index (χ0) is 18.6. The van der Waals surface area contributed by atoms with Crippen molar-refractivity contribution in [1.82, 2.24) is 10.0 Å². The average Bonchev–Trinajstić information content (AvgIpc) is 3.09. The number of nitrogens with zero attached hydrogens (tertiary/aromatic N) is 3. The van der Waals surface area contributed by atoms with Crippen LogP contribution in [0.1, 0.15) is 26.7 Å². The normalized spacial score (nSPS) is 15.8. The zero-order valence-electron chi connectivity index (χ0n) is 14.8. The van der Waals surface area contributed by atoms with Crippen molar-refractivity contribution >= 4 is 35.7 Å². The number of carbonyl (C=O) groups excluding carboxylic acids is 2. The first-order valence-corrected chi connectivity index (χ1v) is 8.25. The lowest BCUT2D eigenvalue weighted by Crippen LogP contribution is -2.53. The van der Waals surface area contributed by atoms with Gasteiger partial charge in [0.05, 0.1) is 11.0 Å². The van der Waals surface area contributed by atoms with Gasteiger partial charge in [-0.1, -0.05) is 26.3 Å². The monoisotopic (exact) mass is 385 g/mol. The highest BCUT2D eigenvalue weighted by Gasteiger charge is 2.34. The molecule has 1 saturated heterocycles. The Morgan fingerprint density at radius 3 is 2.62 bits per heavy atom. The number of carbonyl (C=O) groups is 2. The van der Waals surface area contributed by atoms with E-state index in [-0.39, 0.29) is 29.9 Å². The van der Waals surface area contributed by atoms with E-state index < -0.39 is 17.0 Å². The van der Waals surface area contributed by atoms with Crippen LogP contribution in [-0.2, 0) is 4.79 Å². The summed E-state index contributed by atoms with van der Waals surface area (Å²) < 4.78 is 0. The smallest absolute Gasteiger partial charge is 0.320 e. The minimum absolute atomic E-state index is 0. The molecule has 10 heteroatoms. The fourth-order valence-electron chi connectivity index (χ4n) is 2.61. The summed E-state index contributed by atoms with van der Waals surface area (Å²) in [6.45, 7) is 4.66. The predicted octanol–water partition coefficient (Wildman–Crippen LogP) is 2.37. The molecule has 0 aromatic heterocycles. The number of amides is 3. The van der Waals surface area contributed by atoms with E-state index in [9.17, 15) is 19.7 Å². The molecule has 0 bridgehead atoms. The van der Waals surface area contributed by atoms with Crippen molar-refractivity contribution < 1.29 is 14.5 Å². The molecule has 1 heterocycles. The summed E-state index contributed by atoms with van der Waals surface area (Å²) >= 11 is 0. The van der Waals surface area contributed by atoms with E-state index >= 15 is 0 Å². The van der Waals surface area contributed by atoms with Crippen LogP contribution in [0.4, 0.5) is 16.2 Å². The Balaban J connectivity index is 0.00000338. The van der Waals surface area contributed by atoms with Gasteiger partial charge in [0.2, 0.25) is 0 Å². The molecule has 3 N–H and O–H groups in total. The maximum atomic E-state index is 12.5. The number of nitrogens with two attached hydrogens (primary N) is 1. The van der Waals surface area contributed by atoms with Gasteiger partial charge >= 0.3 is 6.03 Å². The van der Waals surface area contributed by atoms with E-state index in [1.54, 1.807) is 6.07 Å². The molecule has 1 fully saturated rings. The fraction of sp³-hybridized carbons (Fsp3) is 0.500. The topological polar surface area (TPSA) is 122 Å². The quantitative estimate of drug-likeness (QED) is 0.595. The third-order valence-electron chi connectivity index (χ3n) is 4.37. The Bertz CT molecular complexity index is 672. The van der Waals surface area contributed by atoms with Crippen molar-refractivity contribution in [3.05, 3.63) is 34.4 Å². The molecule has 1 aliphatic heterocycles. The van der Waals surface area contributed by atoms with Crippen molar-refractivity contribution in [2.24, 2.45) is 11.7 Å². The van der Waals surface area contributed by atoms with Gasteiger partial charge in [-0.15, -0.1) is 12.4 Å². The highest BCUT2D eigenvalue weighted by molar-refractivity contribution is 5.92. The summed E-state index contributed by atoms with van der Waals surface area (Å²) in [5.74, 6) is -0.282. The van der Waals surface area contributed by atoms with Crippen LogP contribution in [0.25, 0.3) is 0 Å². The van der Waals surface area contributed by atoms with Gasteiger partial charge in [-0.05, 0) is 18.4 Å². The van der Waals surface area contributed by atoms with Gasteiger partial charge in [0.25, 0.3) is 11.6 Å². The third kappa shape index (κ3) is 4.83. The van der Waals surface area contributed by atoms with Gasteiger partial charge in [-0.3, -0.25) is 14.9 Å². The van der Waals surface area contributed by atoms with Crippen LogP contribution >= 0.6 is 12.4 Å². The fourth-order valence-corrected chi connectivity index (χ4v) is 2.61. The number of nitrogens with one attached hydrogen (secondary N) is 1. The van der Waals surface area contributed by atoms with Crippen LogP contribution in [0.5, 0.6) is 0 Å². The Labute approximate surface area is 158 Å². The van der Waals surface area contributed by atoms with Crippen molar-refractivity contribution in [2.75, 3.05) is 18.4 Å². The number of non-ortho nitro benzene ring substituents is 1. The number of urea groups is 1. The van der Waals surface area contributed by atoms with Crippen molar-refractivity contribution in [3.63, 3.8) is 0 Å². The summed E-state index contributed by atoms with van der Waals surface area (Å²) in [4.78, 5) is 35.3. The van der Waals surface area contributed by atoms with Crippen molar-refractivity contribution in [1.29, 1.82) is 0 Å². The van der Waals surface area contributed by atoms with Crippen LogP contribution in [0.2, 0.25) is 0 Å². The number of nitro groups is 1. The maximum absolute atomic E-state index is 12.5. The van der Waals surface area contributed by atoms with Gasteiger partial charge in [0.15, 0.2) is 0 Å². The molecule has 1 unspecified atom stereocenters. The van der Waals surface area contributed by atoms with E-state index in [0.717, 1.165) is 6.42 Å². The first-order valence-electron chi connectivity index (χ1n) is 8.25. The summed E-state index contributed by atoms with van der Waals surface area (Å²) in [6, 6.07) is 4.47. The minimum atomic E-state index is -0.670. The Kier molecular flexibility index (Phi) is 7.78. The van der Waals surface area contributed by atoms with Crippen LogP contribution in [0, 0.1) is 16.0 Å². The summed E-state index contributed by atoms with van der Waals surface area (Å²) in [7, 11) is 0. The average molecular weight is 386 g/mol. The number of anilines is 1. The van der Waals surface area contributed by atoms with Gasteiger partial charge in [-0.2, -0.15) is 0 Å². The summed E-state index contributed by atoms with van der Waals surface area (Å²) in [6.07, 6.45) is 1.42. The molecule has 0 radical (unpaired) electrons. The highest BCUT2D eigenvalue weighted by Crippen LogP contribution is 2.20. The number of hydrazine groups is 1. The molecule has 9 nitrogen and oxygen atoms in total. The molecule has 1 aromatic rings. The zero-order valence-corrected chi connectivity index (χ0v) is 15.6. The van der Waals surface area contributed by atoms with Crippen LogP contribution in [-0.4, -0.2) is 46.0 Å². The molecule has 3 amide bonds. The number of nitro benzene ring substituents is 1. The molecular weight excluding hydrogens is 362 g/mol. The maximum Gasteiger partial charge on any atom is 0.340 e. The second kappa shape index (κ2) is 9.35. The molecule has 26 heavy (non-hydrogen) atoms.